The first-order valence-electron chi connectivity index (χ1n) is 12.1. The molecule has 3 aromatic rings. The van der Waals surface area contributed by atoms with Gasteiger partial charge in [-0.15, -0.1) is 0 Å². The normalized spacial score (nSPS) is 22.4. The summed E-state index contributed by atoms with van der Waals surface area (Å²) in [6.07, 6.45) is 0.348. The van der Waals surface area contributed by atoms with E-state index in [1.54, 1.807) is 0 Å². The second-order valence-corrected chi connectivity index (χ2v) is 10.9. The number of hydrogen-bond acceptors (Lipinski definition) is 4. The van der Waals surface area contributed by atoms with Gasteiger partial charge in [-0.05, 0) is 52.6 Å². The molecule has 5 rings (SSSR count). The van der Waals surface area contributed by atoms with Crippen molar-refractivity contribution in [2.24, 2.45) is 10.8 Å². The van der Waals surface area contributed by atoms with E-state index in [2.05, 4.69) is 76.2 Å². The van der Waals surface area contributed by atoms with Gasteiger partial charge in [-0.2, -0.15) is 0 Å². The van der Waals surface area contributed by atoms with Crippen molar-refractivity contribution in [3.8, 4) is 11.5 Å². The minimum absolute atomic E-state index is 0.174. The van der Waals surface area contributed by atoms with Crippen LogP contribution in [-0.4, -0.2) is 13.2 Å². The van der Waals surface area contributed by atoms with Crippen LogP contribution in [0.4, 0.5) is 0 Å². The zero-order valence-corrected chi connectivity index (χ0v) is 20.5. The van der Waals surface area contributed by atoms with Gasteiger partial charge in [-0.25, -0.2) is 0 Å². The number of ether oxygens (including phenoxy) is 4. The summed E-state index contributed by atoms with van der Waals surface area (Å²) < 4.78 is 23.5. The van der Waals surface area contributed by atoms with Crippen molar-refractivity contribution in [2.75, 3.05) is 13.2 Å². The van der Waals surface area contributed by atoms with Gasteiger partial charge in [-0.3, -0.25) is 0 Å². The smallest absolute Gasteiger partial charge is 0.119 e. The lowest BCUT2D eigenvalue weighted by Gasteiger charge is -2.44. The summed E-state index contributed by atoms with van der Waals surface area (Å²) in [5.41, 5.74) is 5.06. The highest BCUT2D eigenvalue weighted by molar-refractivity contribution is 5.32. The van der Waals surface area contributed by atoms with E-state index in [1.165, 1.54) is 11.1 Å². The molecule has 4 heteroatoms. The predicted octanol–water partition coefficient (Wildman–Crippen LogP) is 7.04. The Bertz CT molecular complexity index is 1030. The first kappa shape index (κ1) is 22.9. The Morgan fingerprint density at radius 1 is 0.647 bits per heavy atom. The minimum Gasteiger partial charge on any atom is -0.489 e. The van der Waals surface area contributed by atoms with Crippen molar-refractivity contribution in [1.29, 1.82) is 0 Å². The average molecular weight is 459 g/mol. The van der Waals surface area contributed by atoms with Crippen LogP contribution in [0.3, 0.4) is 0 Å². The summed E-state index contributed by atoms with van der Waals surface area (Å²) in [6.45, 7) is 11.6. The first-order valence-corrected chi connectivity index (χ1v) is 12.1. The Kier molecular flexibility index (Phi) is 6.13. The van der Waals surface area contributed by atoms with E-state index in [-0.39, 0.29) is 23.0 Å². The van der Waals surface area contributed by atoms with E-state index >= 15 is 0 Å². The van der Waals surface area contributed by atoms with Crippen LogP contribution in [0.25, 0.3) is 0 Å². The molecular weight excluding hydrogens is 424 g/mol. The standard InChI is InChI=1S/C30H34O4/c1-29(2)19-33-27(29)23-8-12-25(13-9-23)31-17-21-6-5-7-22(16-21)18-32-26-14-10-24(11-15-26)28-30(3,4)20-34-28/h5-16,27-28H,17-20H2,1-4H3. The molecular formula is C30H34O4. The predicted molar refractivity (Wildman–Crippen MR) is 133 cm³/mol. The Morgan fingerprint density at radius 3 is 1.38 bits per heavy atom. The molecule has 0 aliphatic carbocycles. The van der Waals surface area contributed by atoms with Gasteiger partial charge in [0.2, 0.25) is 0 Å². The number of rotatable bonds is 8. The summed E-state index contributed by atoms with van der Waals surface area (Å²) in [5.74, 6) is 1.72. The van der Waals surface area contributed by atoms with Gasteiger partial charge in [-0.1, -0.05) is 70.2 Å². The molecule has 178 valence electrons. The Hall–Kier alpha value is -2.82. The fourth-order valence-electron chi connectivity index (χ4n) is 4.72. The number of benzene rings is 3. The summed E-state index contributed by atoms with van der Waals surface area (Å²) in [5, 5.41) is 0. The molecule has 0 bridgehead atoms. The third-order valence-electron chi connectivity index (χ3n) is 6.83. The molecule has 2 heterocycles. The maximum absolute atomic E-state index is 6.02. The molecule has 0 spiro atoms. The quantitative estimate of drug-likeness (QED) is 0.363. The van der Waals surface area contributed by atoms with Crippen LogP contribution in [0.2, 0.25) is 0 Å². The molecule has 2 aliphatic rings. The van der Waals surface area contributed by atoms with Gasteiger partial charge in [0, 0.05) is 10.8 Å². The van der Waals surface area contributed by atoms with Gasteiger partial charge < -0.3 is 18.9 Å². The molecule has 0 radical (unpaired) electrons. The third kappa shape index (κ3) is 4.84. The van der Waals surface area contributed by atoms with Crippen molar-refractivity contribution in [2.45, 2.75) is 53.1 Å². The molecule has 0 amide bonds. The maximum Gasteiger partial charge on any atom is 0.119 e. The topological polar surface area (TPSA) is 36.9 Å². The van der Waals surface area contributed by atoms with Crippen LogP contribution in [0.15, 0.2) is 72.8 Å². The first-order chi connectivity index (χ1) is 16.3. The van der Waals surface area contributed by atoms with Crippen molar-refractivity contribution >= 4 is 0 Å². The van der Waals surface area contributed by atoms with Crippen LogP contribution < -0.4 is 9.47 Å². The highest BCUT2D eigenvalue weighted by Crippen LogP contribution is 2.46. The molecule has 0 N–H and O–H groups in total. The SMILES string of the molecule is CC1(C)COC1c1ccc(OCc2cccc(COc3ccc(C4OCC4(C)C)cc3)c2)cc1. The zero-order chi connectivity index (χ0) is 23.8. The van der Waals surface area contributed by atoms with Gasteiger partial charge >= 0.3 is 0 Å². The molecule has 2 unspecified atom stereocenters. The monoisotopic (exact) mass is 458 g/mol. The van der Waals surface area contributed by atoms with Gasteiger partial charge in [0.05, 0.1) is 25.4 Å². The van der Waals surface area contributed by atoms with E-state index < -0.39 is 0 Å². The van der Waals surface area contributed by atoms with Crippen molar-refractivity contribution in [1.82, 2.24) is 0 Å². The highest BCUT2D eigenvalue weighted by Gasteiger charge is 2.41. The summed E-state index contributed by atoms with van der Waals surface area (Å²) in [6, 6.07) is 24.9. The van der Waals surface area contributed by atoms with E-state index in [9.17, 15) is 0 Å². The average Bonchev–Trinajstić information content (AvgIpc) is 2.82. The fraction of sp³-hybridized carbons (Fsp3) is 0.400. The highest BCUT2D eigenvalue weighted by atomic mass is 16.5. The molecule has 2 saturated heterocycles. The lowest BCUT2D eigenvalue weighted by Crippen LogP contribution is -2.40. The van der Waals surface area contributed by atoms with Crippen molar-refractivity contribution < 1.29 is 18.9 Å². The van der Waals surface area contributed by atoms with Crippen LogP contribution in [0, 0.1) is 10.8 Å². The summed E-state index contributed by atoms with van der Waals surface area (Å²) in [7, 11) is 0. The van der Waals surface area contributed by atoms with Crippen molar-refractivity contribution in [3.05, 3.63) is 95.1 Å². The van der Waals surface area contributed by atoms with E-state index in [0.717, 1.165) is 35.8 Å². The van der Waals surface area contributed by atoms with Gasteiger partial charge in [0.15, 0.2) is 0 Å². The Balaban J connectivity index is 1.13. The van der Waals surface area contributed by atoms with Crippen molar-refractivity contribution in [3.63, 3.8) is 0 Å². The van der Waals surface area contributed by atoms with E-state index in [1.807, 2.05) is 24.3 Å². The second kappa shape index (κ2) is 9.09. The fourth-order valence-corrected chi connectivity index (χ4v) is 4.72. The molecule has 4 nitrogen and oxygen atoms in total. The summed E-state index contributed by atoms with van der Waals surface area (Å²) >= 11 is 0. The minimum atomic E-state index is 0.174. The van der Waals surface area contributed by atoms with Gasteiger partial charge in [0.1, 0.15) is 24.7 Å². The van der Waals surface area contributed by atoms with Gasteiger partial charge in [0.25, 0.3) is 0 Å². The van der Waals surface area contributed by atoms with Crippen LogP contribution in [0.5, 0.6) is 11.5 Å². The number of hydrogen-bond donors (Lipinski definition) is 0. The van der Waals surface area contributed by atoms with E-state index in [4.69, 9.17) is 18.9 Å². The molecule has 34 heavy (non-hydrogen) atoms. The molecule has 0 aromatic heterocycles. The Morgan fingerprint density at radius 2 is 1.06 bits per heavy atom. The molecule has 3 aromatic carbocycles. The molecule has 2 fully saturated rings. The second-order valence-electron chi connectivity index (χ2n) is 10.9. The molecule has 0 saturated carbocycles. The van der Waals surface area contributed by atoms with Crippen LogP contribution in [0.1, 0.15) is 62.2 Å². The lowest BCUT2D eigenvalue weighted by molar-refractivity contribution is -0.172. The largest absolute Gasteiger partial charge is 0.489 e. The zero-order valence-electron chi connectivity index (χ0n) is 20.5. The maximum atomic E-state index is 6.02. The molecule has 2 atom stereocenters. The van der Waals surface area contributed by atoms with Crippen LogP contribution in [-0.2, 0) is 22.7 Å². The summed E-state index contributed by atoms with van der Waals surface area (Å²) in [4.78, 5) is 0. The Labute approximate surface area is 202 Å². The molecule has 2 aliphatic heterocycles. The lowest BCUT2D eigenvalue weighted by atomic mass is 9.79. The van der Waals surface area contributed by atoms with E-state index in [0.29, 0.717) is 13.2 Å². The van der Waals surface area contributed by atoms with Crippen LogP contribution >= 0.6 is 0 Å². The third-order valence-corrected chi connectivity index (χ3v) is 6.83.